The topological polar surface area (TPSA) is 51.0 Å². The molecule has 0 radical (unpaired) electrons. The van der Waals surface area contributed by atoms with Crippen molar-refractivity contribution >= 4 is 24.0 Å². The smallest absolute Gasteiger partial charge is 0.230 e. The highest BCUT2D eigenvalue weighted by atomic mass is 35.5. The van der Waals surface area contributed by atoms with E-state index in [9.17, 15) is 0 Å². The molecule has 6 heteroatoms. The summed E-state index contributed by atoms with van der Waals surface area (Å²) in [6, 6.07) is 7.56. The minimum absolute atomic E-state index is 0. The molecule has 1 N–H and O–H groups in total. The molecule has 0 amide bonds. The molecule has 1 saturated carbocycles. The van der Waals surface area contributed by atoms with Gasteiger partial charge < -0.3 is 9.84 Å². The number of rotatable bonds is 2. The lowest BCUT2D eigenvalue weighted by molar-refractivity contribution is 0.311. The Hall–Kier alpha value is -1.10. The fourth-order valence-electron chi connectivity index (χ4n) is 3.30. The van der Waals surface area contributed by atoms with Crippen LogP contribution in [0, 0.1) is 5.41 Å². The highest BCUT2D eigenvalue weighted by Gasteiger charge is 2.57. The van der Waals surface area contributed by atoms with Crippen molar-refractivity contribution in [2.45, 2.75) is 25.2 Å². The van der Waals surface area contributed by atoms with Crippen LogP contribution < -0.4 is 5.32 Å². The van der Waals surface area contributed by atoms with Crippen LogP contribution in [0.2, 0.25) is 5.02 Å². The number of nitrogens with zero attached hydrogens (tertiary/aromatic N) is 2. The molecule has 21 heavy (non-hydrogen) atoms. The molecule has 1 saturated heterocycles. The minimum atomic E-state index is 0. The van der Waals surface area contributed by atoms with Crippen molar-refractivity contribution in [3.05, 3.63) is 35.2 Å². The molecule has 1 aromatic carbocycles. The monoisotopic (exact) mass is 325 g/mol. The molecule has 1 aliphatic heterocycles. The maximum Gasteiger partial charge on any atom is 0.230 e. The van der Waals surface area contributed by atoms with Crippen LogP contribution in [0.25, 0.3) is 11.4 Å². The van der Waals surface area contributed by atoms with Gasteiger partial charge in [0.05, 0.1) is 0 Å². The number of aromatic nitrogens is 2. The molecule has 2 heterocycles. The van der Waals surface area contributed by atoms with Crippen LogP contribution in [-0.4, -0.2) is 23.2 Å². The summed E-state index contributed by atoms with van der Waals surface area (Å²) in [6.07, 6.45) is 3.62. The van der Waals surface area contributed by atoms with E-state index < -0.39 is 0 Å². The predicted molar refractivity (Wildman–Crippen MR) is 83.9 cm³/mol. The average Bonchev–Trinajstić information content (AvgIpc) is 2.95. The van der Waals surface area contributed by atoms with Gasteiger partial charge in [-0.2, -0.15) is 4.98 Å². The Labute approximate surface area is 134 Å². The normalized spacial score (nSPS) is 22.8. The average molecular weight is 326 g/mol. The highest BCUT2D eigenvalue weighted by molar-refractivity contribution is 6.30. The second-order valence-electron chi connectivity index (χ2n) is 5.84. The quantitative estimate of drug-likeness (QED) is 0.915. The van der Waals surface area contributed by atoms with Crippen molar-refractivity contribution < 1.29 is 4.52 Å². The molecule has 2 aliphatic rings. The number of piperidine rings is 1. The van der Waals surface area contributed by atoms with Crippen LogP contribution in [0.1, 0.15) is 31.1 Å². The Morgan fingerprint density at radius 3 is 2.86 bits per heavy atom. The summed E-state index contributed by atoms with van der Waals surface area (Å²) < 4.78 is 5.49. The number of nitrogens with one attached hydrogen (secondary N) is 1. The van der Waals surface area contributed by atoms with E-state index in [2.05, 4.69) is 15.5 Å². The van der Waals surface area contributed by atoms with Crippen LogP contribution in [0.4, 0.5) is 0 Å². The van der Waals surface area contributed by atoms with Crippen molar-refractivity contribution in [1.82, 2.24) is 15.5 Å². The molecule has 112 valence electrons. The van der Waals surface area contributed by atoms with Gasteiger partial charge >= 0.3 is 0 Å². The standard InChI is InChI=1S/C15H16ClN3O.ClH/c16-11-3-1-2-10(8-11)13-18-14(20-19-13)12-9-15(12)4-6-17-7-5-15;/h1-3,8,12,17H,4-7,9H2;1H. The zero-order valence-corrected chi connectivity index (χ0v) is 13.1. The van der Waals surface area contributed by atoms with Crippen LogP contribution >= 0.6 is 24.0 Å². The van der Waals surface area contributed by atoms with Crippen LogP contribution in [0.5, 0.6) is 0 Å². The summed E-state index contributed by atoms with van der Waals surface area (Å²) in [6.45, 7) is 2.21. The van der Waals surface area contributed by atoms with Crippen molar-refractivity contribution in [3.63, 3.8) is 0 Å². The largest absolute Gasteiger partial charge is 0.339 e. The maximum absolute atomic E-state index is 6.00. The van der Waals surface area contributed by atoms with Crippen LogP contribution in [0.15, 0.2) is 28.8 Å². The molecule has 2 fully saturated rings. The fraction of sp³-hybridized carbons (Fsp3) is 0.467. The third-order valence-corrected chi connectivity index (χ3v) is 4.85. The molecule has 1 spiro atoms. The van der Waals surface area contributed by atoms with E-state index >= 15 is 0 Å². The molecule has 1 aromatic heterocycles. The first-order valence-corrected chi connectivity index (χ1v) is 7.45. The summed E-state index contributed by atoms with van der Waals surface area (Å²) in [5.41, 5.74) is 1.33. The summed E-state index contributed by atoms with van der Waals surface area (Å²) in [5, 5.41) is 8.20. The molecule has 4 rings (SSSR count). The van der Waals surface area contributed by atoms with E-state index in [1.807, 2.05) is 24.3 Å². The molecular weight excluding hydrogens is 309 g/mol. The third kappa shape index (κ3) is 2.68. The van der Waals surface area contributed by atoms with Crippen molar-refractivity contribution in [1.29, 1.82) is 0 Å². The van der Waals surface area contributed by atoms with Crippen LogP contribution in [0.3, 0.4) is 0 Å². The van der Waals surface area contributed by atoms with Gasteiger partial charge in [-0.3, -0.25) is 0 Å². The first-order chi connectivity index (χ1) is 9.77. The Balaban J connectivity index is 0.00000132. The second-order valence-corrected chi connectivity index (χ2v) is 6.27. The molecule has 4 nitrogen and oxygen atoms in total. The Bertz CT molecular complexity index is 637. The van der Waals surface area contributed by atoms with Crippen molar-refractivity contribution in [2.24, 2.45) is 5.41 Å². The van der Waals surface area contributed by atoms with Gasteiger partial charge in [-0.05, 0) is 49.9 Å². The predicted octanol–water partition coefficient (Wildman–Crippen LogP) is 3.67. The van der Waals surface area contributed by atoms with E-state index in [1.165, 1.54) is 19.3 Å². The first-order valence-electron chi connectivity index (χ1n) is 7.07. The van der Waals surface area contributed by atoms with E-state index in [-0.39, 0.29) is 12.4 Å². The highest BCUT2D eigenvalue weighted by Crippen LogP contribution is 2.63. The zero-order valence-electron chi connectivity index (χ0n) is 11.5. The Morgan fingerprint density at radius 1 is 1.29 bits per heavy atom. The SMILES string of the molecule is Cl.Clc1cccc(-c2noc(C3CC34CCNCC4)n2)c1. The molecule has 0 bridgehead atoms. The lowest BCUT2D eigenvalue weighted by atomic mass is 9.92. The number of halogens is 2. The van der Waals surface area contributed by atoms with Gasteiger partial charge in [0.15, 0.2) is 0 Å². The summed E-state index contributed by atoms with van der Waals surface area (Å²) >= 11 is 6.00. The molecule has 1 unspecified atom stereocenters. The summed E-state index contributed by atoms with van der Waals surface area (Å²) in [7, 11) is 0. The van der Waals surface area contributed by atoms with Crippen molar-refractivity contribution in [3.8, 4) is 11.4 Å². The molecule has 2 aromatic rings. The lowest BCUT2D eigenvalue weighted by Gasteiger charge is -2.22. The Kier molecular flexibility index (Phi) is 3.95. The fourth-order valence-corrected chi connectivity index (χ4v) is 3.49. The maximum atomic E-state index is 6.00. The van der Waals surface area contributed by atoms with Gasteiger partial charge in [0.2, 0.25) is 11.7 Å². The summed E-state index contributed by atoms with van der Waals surface area (Å²) in [5.74, 6) is 1.88. The number of hydrogen-bond acceptors (Lipinski definition) is 4. The van der Waals surface area contributed by atoms with Gasteiger partial charge in [0.25, 0.3) is 0 Å². The molecule has 1 aliphatic carbocycles. The summed E-state index contributed by atoms with van der Waals surface area (Å²) in [4.78, 5) is 4.58. The van der Waals surface area contributed by atoms with E-state index in [4.69, 9.17) is 16.1 Å². The van der Waals surface area contributed by atoms with E-state index in [0.717, 1.165) is 24.5 Å². The van der Waals surface area contributed by atoms with Gasteiger partial charge in [-0.1, -0.05) is 28.9 Å². The van der Waals surface area contributed by atoms with Crippen LogP contribution in [-0.2, 0) is 0 Å². The lowest BCUT2D eigenvalue weighted by Crippen LogP contribution is -2.29. The van der Waals surface area contributed by atoms with Gasteiger partial charge in [0, 0.05) is 16.5 Å². The van der Waals surface area contributed by atoms with Gasteiger partial charge in [-0.25, -0.2) is 0 Å². The second kappa shape index (κ2) is 5.59. The molecule has 1 atom stereocenters. The van der Waals surface area contributed by atoms with E-state index in [1.54, 1.807) is 0 Å². The van der Waals surface area contributed by atoms with E-state index in [0.29, 0.717) is 22.2 Å². The van der Waals surface area contributed by atoms with Gasteiger partial charge in [-0.15, -0.1) is 12.4 Å². The number of hydrogen-bond donors (Lipinski definition) is 1. The third-order valence-electron chi connectivity index (χ3n) is 4.61. The van der Waals surface area contributed by atoms with Gasteiger partial charge in [0.1, 0.15) is 0 Å². The first kappa shape index (κ1) is 14.8. The molecular formula is C15H17Cl2N3O. The van der Waals surface area contributed by atoms with Crippen molar-refractivity contribution in [2.75, 3.05) is 13.1 Å². The Morgan fingerprint density at radius 2 is 2.10 bits per heavy atom. The number of benzene rings is 1. The zero-order chi connectivity index (χ0) is 13.6. The minimum Gasteiger partial charge on any atom is -0.339 e.